The van der Waals surface area contributed by atoms with Crippen LogP contribution in [0.2, 0.25) is 0 Å². The third-order valence-corrected chi connectivity index (χ3v) is 3.24. The van der Waals surface area contributed by atoms with Crippen LogP contribution < -0.4 is 4.90 Å². The second kappa shape index (κ2) is 5.32. The molecule has 3 nitrogen and oxygen atoms in total. The second-order valence-corrected chi connectivity index (χ2v) is 4.53. The van der Waals surface area contributed by atoms with Crippen LogP contribution in [0.1, 0.15) is 30.6 Å². The largest absolute Gasteiger partial charge is 0.377 e. The zero-order valence-electron chi connectivity index (χ0n) is 11.3. The SMILES string of the molecule is CCC(C)(OC)C(=O)c1ccccc1N(C)C. The van der Waals surface area contributed by atoms with E-state index < -0.39 is 5.60 Å². The number of hydrogen-bond donors (Lipinski definition) is 0. The van der Waals surface area contributed by atoms with Crippen LogP contribution >= 0.6 is 0 Å². The quantitative estimate of drug-likeness (QED) is 0.735. The standard InChI is InChI=1S/C14H21NO2/c1-6-14(2,17-5)13(16)11-9-7-8-10-12(11)15(3)4/h7-10H,6H2,1-5H3. The first-order chi connectivity index (χ1) is 7.96. The van der Waals surface area contributed by atoms with E-state index in [-0.39, 0.29) is 5.78 Å². The van der Waals surface area contributed by atoms with Crippen molar-refractivity contribution in [3.05, 3.63) is 29.8 Å². The Morgan fingerprint density at radius 2 is 1.94 bits per heavy atom. The molecule has 0 saturated heterocycles. The van der Waals surface area contributed by atoms with E-state index in [4.69, 9.17) is 4.74 Å². The van der Waals surface area contributed by atoms with Gasteiger partial charge in [-0.3, -0.25) is 4.79 Å². The number of nitrogens with zero attached hydrogens (tertiary/aromatic N) is 1. The molecule has 0 radical (unpaired) electrons. The predicted molar refractivity (Wildman–Crippen MR) is 70.8 cm³/mol. The number of hydrogen-bond acceptors (Lipinski definition) is 3. The van der Waals surface area contributed by atoms with Crippen LogP contribution in [-0.4, -0.2) is 32.6 Å². The van der Waals surface area contributed by atoms with E-state index in [2.05, 4.69) is 0 Å². The molecule has 3 heteroatoms. The van der Waals surface area contributed by atoms with Crippen molar-refractivity contribution in [2.24, 2.45) is 0 Å². The monoisotopic (exact) mass is 235 g/mol. The van der Waals surface area contributed by atoms with Crippen LogP contribution in [0.3, 0.4) is 0 Å². The molecule has 0 aliphatic heterocycles. The number of carbonyl (C=O) groups excluding carboxylic acids is 1. The minimum Gasteiger partial charge on any atom is -0.377 e. The van der Waals surface area contributed by atoms with Gasteiger partial charge < -0.3 is 9.64 Å². The van der Waals surface area contributed by atoms with Crippen molar-refractivity contribution in [1.29, 1.82) is 0 Å². The molecule has 1 aromatic rings. The summed E-state index contributed by atoms with van der Waals surface area (Å²) in [7, 11) is 5.45. The fourth-order valence-electron chi connectivity index (χ4n) is 1.74. The first kappa shape index (κ1) is 13.7. The van der Waals surface area contributed by atoms with Crippen LogP contribution in [0.5, 0.6) is 0 Å². The smallest absolute Gasteiger partial charge is 0.196 e. The van der Waals surface area contributed by atoms with E-state index in [0.29, 0.717) is 12.0 Å². The molecular formula is C14H21NO2. The fourth-order valence-corrected chi connectivity index (χ4v) is 1.74. The van der Waals surface area contributed by atoms with Gasteiger partial charge in [-0.05, 0) is 25.5 Å². The van der Waals surface area contributed by atoms with Gasteiger partial charge >= 0.3 is 0 Å². The lowest BCUT2D eigenvalue weighted by Gasteiger charge is -2.27. The van der Waals surface area contributed by atoms with Crippen molar-refractivity contribution < 1.29 is 9.53 Å². The molecule has 0 fully saturated rings. The first-order valence-corrected chi connectivity index (χ1v) is 5.82. The summed E-state index contributed by atoms with van der Waals surface area (Å²) in [5.41, 5.74) is 0.893. The van der Waals surface area contributed by atoms with E-state index in [0.717, 1.165) is 5.69 Å². The van der Waals surface area contributed by atoms with E-state index in [9.17, 15) is 4.79 Å². The molecular weight excluding hydrogens is 214 g/mol. The molecule has 0 aliphatic rings. The summed E-state index contributed by atoms with van der Waals surface area (Å²) in [6, 6.07) is 7.61. The number of ether oxygens (including phenoxy) is 1. The van der Waals surface area contributed by atoms with E-state index in [1.165, 1.54) is 0 Å². The highest BCUT2D eigenvalue weighted by atomic mass is 16.5. The van der Waals surface area contributed by atoms with Gasteiger partial charge in [-0.1, -0.05) is 19.1 Å². The van der Waals surface area contributed by atoms with Gasteiger partial charge in [0.15, 0.2) is 5.78 Å². The van der Waals surface area contributed by atoms with E-state index in [1.807, 2.05) is 57.1 Å². The summed E-state index contributed by atoms with van der Waals surface area (Å²) in [5, 5.41) is 0. The number of Topliss-reactive ketones (excluding diaryl/α,β-unsaturated/α-hetero) is 1. The number of para-hydroxylation sites is 1. The summed E-state index contributed by atoms with van der Waals surface area (Å²) in [4.78, 5) is 14.4. The van der Waals surface area contributed by atoms with Gasteiger partial charge in [0.2, 0.25) is 0 Å². The number of anilines is 1. The highest BCUT2D eigenvalue weighted by Gasteiger charge is 2.33. The molecule has 0 bridgehead atoms. The zero-order valence-corrected chi connectivity index (χ0v) is 11.3. The molecule has 94 valence electrons. The topological polar surface area (TPSA) is 29.5 Å². The van der Waals surface area contributed by atoms with Gasteiger partial charge in [0.25, 0.3) is 0 Å². The molecule has 0 aliphatic carbocycles. The Hall–Kier alpha value is -1.35. The van der Waals surface area contributed by atoms with Crippen LogP contribution in [0.25, 0.3) is 0 Å². The minimum atomic E-state index is -0.744. The van der Waals surface area contributed by atoms with E-state index in [1.54, 1.807) is 7.11 Å². The highest BCUT2D eigenvalue weighted by molar-refractivity contribution is 6.06. The maximum atomic E-state index is 12.5. The lowest BCUT2D eigenvalue weighted by molar-refractivity contribution is 0.0106. The fraction of sp³-hybridized carbons (Fsp3) is 0.500. The molecule has 1 unspecified atom stereocenters. The Kier molecular flexibility index (Phi) is 4.29. The molecule has 0 saturated carbocycles. The molecule has 1 atom stereocenters. The van der Waals surface area contributed by atoms with Crippen molar-refractivity contribution in [3.63, 3.8) is 0 Å². The average Bonchev–Trinajstić information content (AvgIpc) is 2.36. The van der Waals surface area contributed by atoms with Crippen LogP contribution in [0.15, 0.2) is 24.3 Å². The molecule has 1 rings (SSSR count). The van der Waals surface area contributed by atoms with Crippen molar-refractivity contribution in [3.8, 4) is 0 Å². The maximum Gasteiger partial charge on any atom is 0.196 e. The van der Waals surface area contributed by atoms with Gasteiger partial charge in [-0.2, -0.15) is 0 Å². The summed E-state index contributed by atoms with van der Waals surface area (Å²) >= 11 is 0. The Morgan fingerprint density at radius 3 is 2.41 bits per heavy atom. The third-order valence-electron chi connectivity index (χ3n) is 3.24. The summed E-state index contributed by atoms with van der Waals surface area (Å²) in [6.45, 7) is 3.79. The van der Waals surface area contributed by atoms with Crippen molar-refractivity contribution in [1.82, 2.24) is 0 Å². The minimum absolute atomic E-state index is 0.0341. The number of rotatable bonds is 5. The molecule has 17 heavy (non-hydrogen) atoms. The van der Waals surface area contributed by atoms with Gasteiger partial charge in [-0.15, -0.1) is 0 Å². The van der Waals surface area contributed by atoms with E-state index >= 15 is 0 Å². The molecule has 0 aromatic heterocycles. The number of carbonyl (C=O) groups is 1. The number of benzene rings is 1. The highest BCUT2D eigenvalue weighted by Crippen LogP contribution is 2.26. The van der Waals surface area contributed by atoms with Gasteiger partial charge in [-0.25, -0.2) is 0 Å². The Morgan fingerprint density at radius 1 is 1.35 bits per heavy atom. The predicted octanol–water partition coefficient (Wildman–Crippen LogP) is 2.75. The normalized spacial score (nSPS) is 14.2. The van der Waals surface area contributed by atoms with Crippen LogP contribution in [0.4, 0.5) is 5.69 Å². The van der Waals surface area contributed by atoms with Gasteiger partial charge in [0.1, 0.15) is 5.60 Å². The average molecular weight is 235 g/mol. The van der Waals surface area contributed by atoms with Crippen molar-refractivity contribution in [2.45, 2.75) is 25.9 Å². The zero-order chi connectivity index (χ0) is 13.1. The second-order valence-electron chi connectivity index (χ2n) is 4.53. The maximum absolute atomic E-state index is 12.5. The van der Waals surface area contributed by atoms with Crippen molar-refractivity contribution >= 4 is 11.5 Å². The van der Waals surface area contributed by atoms with Crippen LogP contribution in [0, 0.1) is 0 Å². The Balaban J connectivity index is 3.21. The molecule has 0 heterocycles. The summed E-state index contributed by atoms with van der Waals surface area (Å²) in [5.74, 6) is 0.0341. The van der Waals surface area contributed by atoms with Gasteiger partial charge in [0.05, 0.1) is 0 Å². The lowest BCUT2D eigenvalue weighted by atomic mass is 9.91. The molecule has 0 amide bonds. The Bertz CT molecular complexity index is 395. The molecule has 1 aromatic carbocycles. The lowest BCUT2D eigenvalue weighted by Crippen LogP contribution is -2.37. The Labute approximate surface area is 103 Å². The first-order valence-electron chi connectivity index (χ1n) is 5.82. The number of ketones is 1. The summed E-state index contributed by atoms with van der Waals surface area (Å²) in [6.07, 6.45) is 0.657. The molecule has 0 N–H and O–H groups in total. The van der Waals surface area contributed by atoms with Gasteiger partial charge in [0, 0.05) is 32.5 Å². The molecule has 0 spiro atoms. The number of methoxy groups -OCH3 is 1. The van der Waals surface area contributed by atoms with Crippen molar-refractivity contribution in [2.75, 3.05) is 26.1 Å². The van der Waals surface area contributed by atoms with Crippen LogP contribution in [-0.2, 0) is 4.74 Å². The summed E-state index contributed by atoms with van der Waals surface area (Å²) < 4.78 is 5.37. The third kappa shape index (κ3) is 2.67.